The number of amides is 2. The summed E-state index contributed by atoms with van der Waals surface area (Å²) in [6.45, 7) is 12.7. The first-order valence-electron chi connectivity index (χ1n) is 11.5. The molecular formula is C24H36ClN3O3. The number of benzene rings is 1. The molecule has 2 fully saturated rings. The minimum absolute atomic E-state index is 0.00229. The number of rotatable bonds is 6. The lowest BCUT2D eigenvalue weighted by Crippen LogP contribution is -2.54. The van der Waals surface area contributed by atoms with Crippen LogP contribution in [0.25, 0.3) is 0 Å². The topological polar surface area (TPSA) is 61.9 Å². The summed E-state index contributed by atoms with van der Waals surface area (Å²) in [6, 6.07) is 6.36. The van der Waals surface area contributed by atoms with Gasteiger partial charge in [0.15, 0.2) is 0 Å². The smallest absolute Gasteiger partial charge is 0.253 e. The van der Waals surface area contributed by atoms with Crippen molar-refractivity contribution in [3.05, 3.63) is 34.9 Å². The third kappa shape index (κ3) is 6.43. The molecule has 1 N–H and O–H groups in total. The monoisotopic (exact) mass is 449 g/mol. The van der Waals surface area contributed by atoms with Crippen LogP contribution in [0.2, 0.25) is 5.02 Å². The van der Waals surface area contributed by atoms with Crippen LogP contribution in [0.5, 0.6) is 0 Å². The number of carbonyl (C=O) groups excluding carboxylic acids is 2. The molecule has 2 saturated heterocycles. The van der Waals surface area contributed by atoms with Crippen LogP contribution in [0.1, 0.15) is 50.9 Å². The first-order valence-corrected chi connectivity index (χ1v) is 11.8. The van der Waals surface area contributed by atoms with Crippen molar-refractivity contribution in [3.8, 4) is 0 Å². The second-order valence-electron chi connectivity index (χ2n) is 9.42. The number of nitrogens with one attached hydrogen (secondary N) is 1. The average Bonchev–Trinajstić information content (AvgIpc) is 2.71. The fourth-order valence-electron chi connectivity index (χ4n) is 4.71. The molecule has 0 saturated carbocycles. The van der Waals surface area contributed by atoms with Gasteiger partial charge in [-0.25, -0.2) is 0 Å². The van der Waals surface area contributed by atoms with E-state index in [0.29, 0.717) is 16.5 Å². The third-order valence-corrected chi connectivity index (χ3v) is 6.61. The Hall–Kier alpha value is -1.63. The Labute approximate surface area is 191 Å². The van der Waals surface area contributed by atoms with Crippen molar-refractivity contribution in [2.75, 3.05) is 32.7 Å². The van der Waals surface area contributed by atoms with Gasteiger partial charge in [0.1, 0.15) is 6.04 Å². The molecule has 2 aliphatic heterocycles. The summed E-state index contributed by atoms with van der Waals surface area (Å²) in [5, 5.41) is 3.31. The highest BCUT2D eigenvalue weighted by Gasteiger charge is 2.33. The summed E-state index contributed by atoms with van der Waals surface area (Å²) in [5.74, 6) is 0.287. The normalized spacial score (nSPS) is 24.3. The van der Waals surface area contributed by atoms with Crippen molar-refractivity contribution in [3.63, 3.8) is 0 Å². The van der Waals surface area contributed by atoms with E-state index >= 15 is 0 Å². The molecule has 1 aromatic carbocycles. The lowest BCUT2D eigenvalue weighted by atomic mass is 9.94. The van der Waals surface area contributed by atoms with Crippen LogP contribution < -0.4 is 5.32 Å². The number of likely N-dealkylation sites (tertiary alicyclic amines) is 1. The largest absolute Gasteiger partial charge is 0.373 e. The second kappa shape index (κ2) is 10.8. The standard InChI is InChI=1S/C24H36ClN3O3/c1-16(2)22(26-23(29)20-7-5-6-8-21(20)25)24(30)28-11-9-19(10-12-28)15-27-13-17(3)31-18(4)14-27/h5-8,16-19,22H,9-15H2,1-4H3,(H,26,29)/t17-,18+,22-/m0/s1. The summed E-state index contributed by atoms with van der Waals surface area (Å²) >= 11 is 6.16. The van der Waals surface area contributed by atoms with Crippen LogP contribution in [0.3, 0.4) is 0 Å². The predicted molar refractivity (Wildman–Crippen MR) is 123 cm³/mol. The van der Waals surface area contributed by atoms with Crippen molar-refractivity contribution < 1.29 is 14.3 Å². The van der Waals surface area contributed by atoms with Crippen LogP contribution in [-0.2, 0) is 9.53 Å². The Morgan fingerprint density at radius 2 is 1.74 bits per heavy atom. The third-order valence-electron chi connectivity index (χ3n) is 6.28. The van der Waals surface area contributed by atoms with E-state index in [1.165, 1.54) is 0 Å². The van der Waals surface area contributed by atoms with Crippen LogP contribution in [0.15, 0.2) is 24.3 Å². The van der Waals surface area contributed by atoms with Gasteiger partial charge in [-0.1, -0.05) is 37.6 Å². The van der Waals surface area contributed by atoms with Gasteiger partial charge in [0.05, 0.1) is 22.8 Å². The number of morpholine rings is 1. The van der Waals surface area contributed by atoms with E-state index in [4.69, 9.17) is 16.3 Å². The summed E-state index contributed by atoms with van der Waals surface area (Å²) in [7, 11) is 0. The highest BCUT2D eigenvalue weighted by molar-refractivity contribution is 6.33. The molecule has 6 nitrogen and oxygen atoms in total. The summed E-state index contributed by atoms with van der Waals surface area (Å²) in [4.78, 5) is 30.4. The van der Waals surface area contributed by atoms with Gasteiger partial charge in [0, 0.05) is 32.7 Å². The molecule has 0 aromatic heterocycles. The maximum absolute atomic E-state index is 13.2. The van der Waals surface area contributed by atoms with E-state index in [9.17, 15) is 9.59 Å². The van der Waals surface area contributed by atoms with Gasteiger partial charge >= 0.3 is 0 Å². The number of hydrogen-bond acceptors (Lipinski definition) is 4. The Kier molecular flexibility index (Phi) is 8.36. The van der Waals surface area contributed by atoms with E-state index in [1.807, 2.05) is 18.7 Å². The molecule has 0 spiro atoms. The molecule has 3 atom stereocenters. The Balaban J connectivity index is 1.54. The van der Waals surface area contributed by atoms with Crippen molar-refractivity contribution in [2.24, 2.45) is 11.8 Å². The first-order chi connectivity index (χ1) is 14.7. The molecule has 2 amide bonds. The summed E-state index contributed by atoms with van der Waals surface area (Å²) < 4.78 is 5.84. The van der Waals surface area contributed by atoms with E-state index in [-0.39, 0.29) is 29.9 Å². The van der Waals surface area contributed by atoms with Crippen molar-refractivity contribution in [1.82, 2.24) is 15.1 Å². The number of carbonyl (C=O) groups is 2. The Bertz CT molecular complexity index is 754. The maximum atomic E-state index is 13.2. The molecule has 1 aromatic rings. The Morgan fingerprint density at radius 3 is 2.32 bits per heavy atom. The van der Waals surface area contributed by atoms with E-state index in [2.05, 4.69) is 24.1 Å². The summed E-state index contributed by atoms with van der Waals surface area (Å²) in [5.41, 5.74) is 0.398. The number of piperidine rings is 1. The van der Waals surface area contributed by atoms with Crippen molar-refractivity contribution in [2.45, 2.75) is 58.8 Å². The fraction of sp³-hybridized carbons (Fsp3) is 0.667. The molecule has 0 radical (unpaired) electrons. The van der Waals surface area contributed by atoms with Gasteiger partial charge in [-0.05, 0) is 50.7 Å². The van der Waals surface area contributed by atoms with Crippen molar-refractivity contribution in [1.29, 1.82) is 0 Å². The molecule has 0 bridgehead atoms. The van der Waals surface area contributed by atoms with E-state index in [0.717, 1.165) is 45.6 Å². The molecule has 0 unspecified atom stereocenters. The van der Waals surface area contributed by atoms with E-state index in [1.54, 1.807) is 24.3 Å². The molecule has 0 aliphatic carbocycles. The zero-order valence-electron chi connectivity index (χ0n) is 19.1. The quantitative estimate of drug-likeness (QED) is 0.722. The van der Waals surface area contributed by atoms with Gasteiger partial charge in [-0.2, -0.15) is 0 Å². The van der Waals surface area contributed by atoms with Gasteiger partial charge in [-0.15, -0.1) is 0 Å². The number of nitrogens with zero attached hydrogens (tertiary/aromatic N) is 2. The highest BCUT2D eigenvalue weighted by Crippen LogP contribution is 2.23. The van der Waals surface area contributed by atoms with Crippen LogP contribution >= 0.6 is 11.6 Å². The first kappa shape index (κ1) is 24.0. The lowest BCUT2D eigenvalue weighted by Gasteiger charge is -2.40. The van der Waals surface area contributed by atoms with Crippen LogP contribution in [-0.4, -0.2) is 72.6 Å². The van der Waals surface area contributed by atoms with Gasteiger partial charge in [0.25, 0.3) is 5.91 Å². The second-order valence-corrected chi connectivity index (χ2v) is 9.83. The molecule has 7 heteroatoms. The molecule has 31 heavy (non-hydrogen) atoms. The predicted octanol–water partition coefficient (Wildman–Crippen LogP) is 3.44. The zero-order valence-corrected chi connectivity index (χ0v) is 19.9. The fourth-order valence-corrected chi connectivity index (χ4v) is 4.93. The van der Waals surface area contributed by atoms with Gasteiger partial charge in [-0.3, -0.25) is 14.5 Å². The lowest BCUT2D eigenvalue weighted by molar-refractivity contribution is -0.136. The van der Waals surface area contributed by atoms with Crippen LogP contribution in [0.4, 0.5) is 0 Å². The van der Waals surface area contributed by atoms with E-state index < -0.39 is 6.04 Å². The SMILES string of the molecule is CC(C)[C@H](NC(=O)c1ccccc1Cl)C(=O)N1CCC(CN2C[C@@H](C)O[C@@H](C)C2)CC1. The number of hydrogen-bond donors (Lipinski definition) is 1. The molecule has 3 rings (SSSR count). The van der Waals surface area contributed by atoms with Crippen LogP contribution in [0, 0.1) is 11.8 Å². The minimum atomic E-state index is -0.554. The maximum Gasteiger partial charge on any atom is 0.253 e. The highest BCUT2D eigenvalue weighted by atomic mass is 35.5. The molecular weight excluding hydrogens is 414 g/mol. The molecule has 172 valence electrons. The summed E-state index contributed by atoms with van der Waals surface area (Å²) in [6.07, 6.45) is 2.54. The van der Waals surface area contributed by atoms with Gasteiger partial charge < -0.3 is 15.0 Å². The van der Waals surface area contributed by atoms with Crippen molar-refractivity contribution >= 4 is 23.4 Å². The molecule has 2 aliphatic rings. The minimum Gasteiger partial charge on any atom is -0.373 e. The van der Waals surface area contributed by atoms with Gasteiger partial charge in [0.2, 0.25) is 5.91 Å². The number of ether oxygens (including phenoxy) is 1. The number of halogens is 1. The molecule has 2 heterocycles. The average molecular weight is 450 g/mol. The Morgan fingerprint density at radius 1 is 1.13 bits per heavy atom. The zero-order chi connectivity index (χ0) is 22.5.